The van der Waals surface area contributed by atoms with Crippen LogP contribution in [0.4, 0.5) is 18.6 Å². The largest absolute Gasteiger partial charge is 1.00 e. The average Bonchev–Trinajstić information content (AvgIpc) is 2.02. The summed E-state index contributed by atoms with van der Waals surface area (Å²) in [6, 6.07) is 6.35. The molecule has 0 amide bonds. The quantitative estimate of drug-likeness (QED) is 0.451. The summed E-state index contributed by atoms with van der Waals surface area (Å²) in [4.78, 5) is 0.591. The van der Waals surface area contributed by atoms with Crippen molar-refractivity contribution in [3.8, 4) is 0 Å². The van der Waals surface area contributed by atoms with Crippen molar-refractivity contribution < 1.29 is 64.3 Å². The standard InChI is InChI=1S/C7H8BF3NS.K/c9-8(10,11)5-13-7-3-1-6(12)2-4-7;/h1-4H,5,12H2;/q-1;+1. The fraction of sp³-hybridized carbons (Fsp3) is 0.143. The van der Waals surface area contributed by atoms with Gasteiger partial charge in [0.1, 0.15) is 0 Å². The van der Waals surface area contributed by atoms with Crippen LogP contribution in [0.5, 0.6) is 0 Å². The Morgan fingerprint density at radius 1 is 1.14 bits per heavy atom. The molecule has 14 heavy (non-hydrogen) atoms. The van der Waals surface area contributed by atoms with Gasteiger partial charge in [0.15, 0.2) is 0 Å². The summed E-state index contributed by atoms with van der Waals surface area (Å²) >= 11 is 0.783. The van der Waals surface area contributed by atoms with E-state index in [2.05, 4.69) is 0 Å². The van der Waals surface area contributed by atoms with Gasteiger partial charge >= 0.3 is 58.4 Å². The van der Waals surface area contributed by atoms with E-state index in [0.29, 0.717) is 10.6 Å². The zero-order valence-electron chi connectivity index (χ0n) is 7.71. The summed E-state index contributed by atoms with van der Waals surface area (Å²) in [7, 11) is 0. The Bertz CT molecular complexity index is 277. The van der Waals surface area contributed by atoms with E-state index in [1.807, 2.05) is 0 Å². The zero-order chi connectivity index (χ0) is 9.90. The maximum absolute atomic E-state index is 11.8. The van der Waals surface area contributed by atoms with E-state index in [1.54, 1.807) is 24.3 Å². The number of hydrogen-bond acceptors (Lipinski definition) is 2. The minimum absolute atomic E-state index is 0. The van der Waals surface area contributed by atoms with Crippen molar-refractivity contribution in [1.82, 2.24) is 0 Å². The Balaban J connectivity index is 0.00000169. The van der Waals surface area contributed by atoms with Crippen molar-refractivity contribution in [2.75, 3.05) is 11.4 Å². The molecule has 1 rings (SSSR count). The van der Waals surface area contributed by atoms with Gasteiger partial charge in [-0.1, -0.05) is 0 Å². The molecule has 0 atom stereocenters. The predicted octanol–water partition coefficient (Wildman–Crippen LogP) is -0.249. The van der Waals surface area contributed by atoms with E-state index >= 15 is 0 Å². The van der Waals surface area contributed by atoms with Crippen LogP contribution in [0.1, 0.15) is 0 Å². The fourth-order valence-electron chi connectivity index (χ4n) is 0.755. The molecule has 7 heteroatoms. The van der Waals surface area contributed by atoms with Crippen molar-refractivity contribution in [2.45, 2.75) is 4.90 Å². The summed E-state index contributed by atoms with van der Waals surface area (Å²) in [5.74, 6) is 0. The third-order valence-electron chi connectivity index (χ3n) is 1.32. The Morgan fingerprint density at radius 2 is 1.64 bits per heavy atom. The van der Waals surface area contributed by atoms with Gasteiger partial charge < -0.3 is 18.7 Å². The first-order valence-electron chi connectivity index (χ1n) is 3.67. The van der Waals surface area contributed by atoms with Gasteiger partial charge in [0.25, 0.3) is 0 Å². The number of halogens is 3. The van der Waals surface area contributed by atoms with Gasteiger partial charge in [0.2, 0.25) is 0 Å². The van der Waals surface area contributed by atoms with Crippen molar-refractivity contribution in [1.29, 1.82) is 0 Å². The van der Waals surface area contributed by atoms with Gasteiger partial charge in [0, 0.05) is 10.6 Å². The van der Waals surface area contributed by atoms with Crippen LogP contribution in [-0.4, -0.2) is 12.6 Å². The third-order valence-corrected chi connectivity index (χ3v) is 2.47. The summed E-state index contributed by atoms with van der Waals surface area (Å²) in [5.41, 5.74) is 5.14. The molecule has 0 radical (unpaired) electrons. The number of thioether (sulfide) groups is 1. The maximum Gasteiger partial charge on any atom is 1.00 e. The molecule has 0 bridgehead atoms. The molecular weight excluding hydrogens is 237 g/mol. The Kier molecular flexibility index (Phi) is 6.84. The molecule has 1 nitrogen and oxygen atoms in total. The molecule has 0 saturated heterocycles. The van der Waals surface area contributed by atoms with E-state index in [9.17, 15) is 12.9 Å². The van der Waals surface area contributed by atoms with Crippen LogP contribution in [0.2, 0.25) is 0 Å². The molecule has 72 valence electrons. The zero-order valence-corrected chi connectivity index (χ0v) is 11.7. The second-order valence-corrected chi connectivity index (χ2v) is 3.68. The van der Waals surface area contributed by atoms with E-state index in [4.69, 9.17) is 5.73 Å². The average molecular weight is 245 g/mol. The first-order valence-corrected chi connectivity index (χ1v) is 4.65. The van der Waals surface area contributed by atoms with Crippen molar-refractivity contribution in [3.63, 3.8) is 0 Å². The van der Waals surface area contributed by atoms with Gasteiger partial charge in [-0.2, -0.15) is 11.8 Å². The SMILES string of the molecule is Nc1ccc(SC[B-](F)(F)F)cc1.[K+]. The van der Waals surface area contributed by atoms with E-state index in [0.717, 1.165) is 11.8 Å². The molecule has 0 aromatic heterocycles. The molecule has 0 fully saturated rings. The van der Waals surface area contributed by atoms with Crippen molar-refractivity contribution in [3.05, 3.63) is 24.3 Å². The van der Waals surface area contributed by atoms with Crippen LogP contribution >= 0.6 is 11.8 Å². The third kappa shape index (κ3) is 6.36. The molecule has 0 aliphatic rings. The molecule has 0 aliphatic heterocycles. The van der Waals surface area contributed by atoms with Crippen LogP contribution in [0.25, 0.3) is 0 Å². The molecule has 1 aromatic rings. The van der Waals surface area contributed by atoms with Crippen molar-refractivity contribution >= 4 is 24.4 Å². The second kappa shape index (κ2) is 6.45. The van der Waals surface area contributed by atoms with E-state index < -0.39 is 12.6 Å². The topological polar surface area (TPSA) is 26.0 Å². The number of hydrogen-bond donors (Lipinski definition) is 1. The summed E-state index contributed by atoms with van der Waals surface area (Å²) in [6.45, 7) is -4.71. The molecule has 0 saturated carbocycles. The van der Waals surface area contributed by atoms with E-state index in [1.165, 1.54) is 0 Å². The summed E-state index contributed by atoms with van der Waals surface area (Å²) in [6.07, 6.45) is 0. The monoisotopic (exact) mass is 245 g/mol. The smallest absolute Gasteiger partial charge is 0.448 e. The van der Waals surface area contributed by atoms with Crippen molar-refractivity contribution in [2.24, 2.45) is 0 Å². The minimum atomic E-state index is -4.71. The normalized spacial score (nSPS) is 10.8. The van der Waals surface area contributed by atoms with Crippen LogP contribution < -0.4 is 57.1 Å². The van der Waals surface area contributed by atoms with Gasteiger partial charge in [-0.15, -0.1) is 0 Å². The van der Waals surface area contributed by atoms with Crippen LogP contribution in [-0.2, 0) is 0 Å². The van der Waals surface area contributed by atoms with E-state index in [-0.39, 0.29) is 51.4 Å². The van der Waals surface area contributed by atoms with Crippen LogP contribution in [0, 0.1) is 0 Å². The van der Waals surface area contributed by atoms with Crippen LogP contribution in [0.3, 0.4) is 0 Å². The second-order valence-electron chi connectivity index (χ2n) is 2.59. The number of nitrogens with two attached hydrogens (primary N) is 1. The van der Waals surface area contributed by atoms with Gasteiger partial charge in [-0.25, -0.2) is 0 Å². The Hall–Kier alpha value is 0.861. The van der Waals surface area contributed by atoms with Gasteiger partial charge in [-0.05, 0) is 29.9 Å². The molecule has 1 aromatic carbocycles. The molecule has 0 spiro atoms. The number of benzene rings is 1. The first kappa shape index (κ1) is 14.9. The summed E-state index contributed by atoms with van der Waals surface area (Å²) < 4.78 is 35.5. The molecule has 0 unspecified atom stereocenters. The number of nitrogen functional groups attached to an aromatic ring is 1. The van der Waals surface area contributed by atoms with Gasteiger partial charge in [-0.3, -0.25) is 0 Å². The molecule has 0 aliphatic carbocycles. The number of anilines is 1. The summed E-state index contributed by atoms with van der Waals surface area (Å²) in [5, 5.41) is 0. The maximum atomic E-state index is 11.8. The Labute approximate surface area is 127 Å². The van der Waals surface area contributed by atoms with Gasteiger partial charge in [0.05, 0.1) is 0 Å². The Morgan fingerprint density at radius 3 is 2.07 bits per heavy atom. The molecule has 2 N–H and O–H groups in total. The molecular formula is C7H8BF3KNS. The minimum Gasteiger partial charge on any atom is -0.448 e. The fourth-order valence-corrected chi connectivity index (χ4v) is 1.46. The first-order chi connectivity index (χ1) is 5.97. The predicted molar refractivity (Wildman–Crippen MR) is 50.7 cm³/mol. The molecule has 0 heterocycles. The van der Waals surface area contributed by atoms with Crippen LogP contribution in [0.15, 0.2) is 29.2 Å². The number of rotatable bonds is 3.